The van der Waals surface area contributed by atoms with Gasteiger partial charge in [0, 0.05) is 21.5 Å². The molecule has 4 rings (SSSR count). The Balaban J connectivity index is 1.73. The van der Waals surface area contributed by atoms with E-state index < -0.39 is 6.10 Å². The monoisotopic (exact) mass is 323 g/mol. The second-order valence-electron chi connectivity index (χ2n) is 5.63. The highest BCUT2D eigenvalue weighted by Gasteiger charge is 2.31. The van der Waals surface area contributed by atoms with Crippen LogP contribution in [0.3, 0.4) is 0 Å². The molecule has 3 nitrogen and oxygen atoms in total. The van der Waals surface area contributed by atoms with Crippen LogP contribution in [0.4, 0.5) is 5.69 Å². The summed E-state index contributed by atoms with van der Waals surface area (Å²) in [6, 6.07) is 18.7. The van der Waals surface area contributed by atoms with Crippen molar-refractivity contribution >= 4 is 34.0 Å². The number of benzene rings is 3. The number of anilines is 1. The molecular formula is C19H14ClNO2. The Hall–Kier alpha value is -2.36. The van der Waals surface area contributed by atoms with Crippen molar-refractivity contribution in [3.05, 3.63) is 76.8 Å². The average molecular weight is 324 g/mol. The molecule has 4 heteroatoms. The van der Waals surface area contributed by atoms with Gasteiger partial charge in [-0.05, 0) is 23.6 Å². The first kappa shape index (κ1) is 14.2. The smallest absolute Gasteiger partial charge is 0.259 e. The van der Waals surface area contributed by atoms with E-state index in [4.69, 9.17) is 11.6 Å². The normalized spacial score (nSPS) is 14.5. The number of nitrogens with zero attached hydrogens (tertiary/aromatic N) is 1. The first-order valence-corrected chi connectivity index (χ1v) is 7.81. The highest BCUT2D eigenvalue weighted by molar-refractivity contribution is 6.31. The van der Waals surface area contributed by atoms with Crippen molar-refractivity contribution in [1.29, 1.82) is 0 Å². The number of amides is 1. The Bertz CT molecular complexity index is 917. The number of aliphatic hydroxyl groups excluding tert-OH is 1. The lowest BCUT2D eigenvalue weighted by molar-refractivity contribution is 0.0969. The molecule has 1 N–H and O–H groups in total. The SMILES string of the molecule is O=C1c2cccc3cccc(c23)N1CC(O)c1ccccc1Cl. The quantitative estimate of drug-likeness (QED) is 0.785. The summed E-state index contributed by atoms with van der Waals surface area (Å²) in [7, 11) is 0. The van der Waals surface area contributed by atoms with Crippen LogP contribution in [0.5, 0.6) is 0 Å². The van der Waals surface area contributed by atoms with Crippen LogP contribution >= 0.6 is 11.6 Å². The van der Waals surface area contributed by atoms with Gasteiger partial charge in [0.25, 0.3) is 5.91 Å². The fourth-order valence-electron chi connectivity index (χ4n) is 3.18. The van der Waals surface area contributed by atoms with E-state index in [0.717, 1.165) is 16.5 Å². The third-order valence-corrected chi connectivity index (χ3v) is 4.61. The summed E-state index contributed by atoms with van der Waals surface area (Å²) in [6.45, 7) is 0.177. The van der Waals surface area contributed by atoms with Gasteiger partial charge in [-0.3, -0.25) is 4.79 Å². The predicted octanol–water partition coefficient (Wildman–Crippen LogP) is 4.19. The number of β-amino-alcohol motifs (C(OH)–C–C–N with tert-alkyl or cyclic N) is 1. The van der Waals surface area contributed by atoms with Gasteiger partial charge < -0.3 is 10.0 Å². The van der Waals surface area contributed by atoms with Gasteiger partial charge in [-0.2, -0.15) is 0 Å². The third-order valence-electron chi connectivity index (χ3n) is 4.27. The number of carbonyl (C=O) groups is 1. The molecule has 0 radical (unpaired) electrons. The van der Waals surface area contributed by atoms with Crippen molar-refractivity contribution < 1.29 is 9.90 Å². The molecule has 1 amide bonds. The molecule has 1 atom stereocenters. The van der Waals surface area contributed by atoms with Crippen LogP contribution < -0.4 is 4.90 Å². The number of hydrogen-bond acceptors (Lipinski definition) is 2. The van der Waals surface area contributed by atoms with Crippen molar-refractivity contribution in [3.8, 4) is 0 Å². The maximum atomic E-state index is 12.7. The molecule has 1 aliphatic heterocycles. The molecular weight excluding hydrogens is 310 g/mol. The highest BCUT2D eigenvalue weighted by Crippen LogP contribution is 2.38. The molecule has 0 bridgehead atoms. The van der Waals surface area contributed by atoms with Crippen LogP contribution in [0.2, 0.25) is 5.02 Å². The van der Waals surface area contributed by atoms with Crippen LogP contribution in [-0.4, -0.2) is 17.6 Å². The van der Waals surface area contributed by atoms with Crippen LogP contribution in [0.1, 0.15) is 22.0 Å². The molecule has 1 aliphatic rings. The van der Waals surface area contributed by atoms with Crippen molar-refractivity contribution in [3.63, 3.8) is 0 Å². The summed E-state index contributed by atoms with van der Waals surface area (Å²) in [5.74, 6) is -0.0806. The molecule has 0 fully saturated rings. The maximum Gasteiger partial charge on any atom is 0.259 e. The molecule has 1 unspecified atom stereocenters. The molecule has 3 aromatic rings. The Morgan fingerprint density at radius 1 is 1.00 bits per heavy atom. The molecule has 0 aliphatic carbocycles. The summed E-state index contributed by atoms with van der Waals surface area (Å²) < 4.78 is 0. The fraction of sp³-hybridized carbons (Fsp3) is 0.105. The second-order valence-corrected chi connectivity index (χ2v) is 6.04. The van der Waals surface area contributed by atoms with E-state index in [1.165, 1.54) is 0 Å². The number of halogens is 1. The molecule has 0 saturated heterocycles. The summed E-state index contributed by atoms with van der Waals surface area (Å²) in [5.41, 5.74) is 2.16. The Kier molecular flexibility index (Phi) is 3.33. The summed E-state index contributed by atoms with van der Waals surface area (Å²) in [5, 5.41) is 13.0. The van der Waals surface area contributed by atoms with E-state index in [9.17, 15) is 9.90 Å². The molecule has 0 spiro atoms. The van der Waals surface area contributed by atoms with Gasteiger partial charge in [0.2, 0.25) is 0 Å². The van der Waals surface area contributed by atoms with E-state index in [2.05, 4.69) is 0 Å². The van der Waals surface area contributed by atoms with Crippen molar-refractivity contribution in [2.24, 2.45) is 0 Å². The van der Waals surface area contributed by atoms with Crippen LogP contribution in [0.25, 0.3) is 10.8 Å². The predicted molar refractivity (Wildman–Crippen MR) is 92.0 cm³/mol. The minimum absolute atomic E-state index is 0.0806. The van der Waals surface area contributed by atoms with Crippen LogP contribution in [0.15, 0.2) is 60.7 Å². The average Bonchev–Trinajstić information content (AvgIpc) is 2.83. The molecule has 3 aromatic carbocycles. The number of rotatable bonds is 3. The van der Waals surface area contributed by atoms with Gasteiger partial charge in [0.15, 0.2) is 0 Å². The number of carbonyl (C=O) groups excluding carboxylic acids is 1. The zero-order valence-corrected chi connectivity index (χ0v) is 13.0. The Labute approximate surface area is 138 Å². The molecule has 114 valence electrons. The lowest BCUT2D eigenvalue weighted by Gasteiger charge is -2.22. The molecule has 1 heterocycles. The molecule has 23 heavy (non-hydrogen) atoms. The molecule has 0 saturated carbocycles. The minimum Gasteiger partial charge on any atom is -0.386 e. The summed E-state index contributed by atoms with van der Waals surface area (Å²) in [6.07, 6.45) is -0.836. The maximum absolute atomic E-state index is 12.7. The van der Waals surface area contributed by atoms with Gasteiger partial charge in [-0.1, -0.05) is 54.1 Å². The van der Waals surface area contributed by atoms with Crippen molar-refractivity contribution in [2.75, 3.05) is 11.4 Å². The first-order chi connectivity index (χ1) is 11.2. The molecule has 0 aromatic heterocycles. The standard InChI is InChI=1S/C19H14ClNO2/c20-15-9-2-1-7-13(15)17(22)11-21-16-10-4-6-12-5-3-8-14(18(12)16)19(21)23/h1-10,17,22H,11H2. The van der Waals surface area contributed by atoms with E-state index in [1.54, 1.807) is 17.0 Å². The lowest BCUT2D eigenvalue weighted by atomic mass is 10.1. The summed E-state index contributed by atoms with van der Waals surface area (Å²) in [4.78, 5) is 14.3. The number of aliphatic hydroxyl groups is 1. The zero-order chi connectivity index (χ0) is 16.0. The van der Waals surface area contributed by atoms with Crippen LogP contribution in [-0.2, 0) is 0 Å². The van der Waals surface area contributed by atoms with E-state index in [0.29, 0.717) is 16.1 Å². The fourth-order valence-corrected chi connectivity index (χ4v) is 3.44. The third kappa shape index (κ3) is 2.21. The van der Waals surface area contributed by atoms with Crippen molar-refractivity contribution in [1.82, 2.24) is 0 Å². The minimum atomic E-state index is -0.836. The van der Waals surface area contributed by atoms with E-state index in [-0.39, 0.29) is 12.5 Å². The first-order valence-electron chi connectivity index (χ1n) is 7.43. The topological polar surface area (TPSA) is 40.5 Å². The van der Waals surface area contributed by atoms with Gasteiger partial charge >= 0.3 is 0 Å². The Morgan fingerprint density at radius 2 is 1.74 bits per heavy atom. The largest absolute Gasteiger partial charge is 0.386 e. The van der Waals surface area contributed by atoms with Crippen molar-refractivity contribution in [2.45, 2.75) is 6.10 Å². The Morgan fingerprint density at radius 3 is 2.52 bits per heavy atom. The highest BCUT2D eigenvalue weighted by atomic mass is 35.5. The van der Waals surface area contributed by atoms with Crippen LogP contribution in [0, 0.1) is 0 Å². The van der Waals surface area contributed by atoms with Gasteiger partial charge in [-0.15, -0.1) is 0 Å². The zero-order valence-electron chi connectivity index (χ0n) is 12.2. The van der Waals surface area contributed by atoms with Gasteiger partial charge in [0.1, 0.15) is 0 Å². The second kappa shape index (κ2) is 5.37. The lowest BCUT2D eigenvalue weighted by Crippen LogP contribution is -2.31. The number of hydrogen-bond donors (Lipinski definition) is 1. The van der Waals surface area contributed by atoms with E-state index >= 15 is 0 Å². The van der Waals surface area contributed by atoms with Gasteiger partial charge in [-0.25, -0.2) is 0 Å². The van der Waals surface area contributed by atoms with Gasteiger partial charge in [0.05, 0.1) is 18.3 Å². The van der Waals surface area contributed by atoms with E-state index in [1.807, 2.05) is 48.5 Å². The summed E-state index contributed by atoms with van der Waals surface area (Å²) >= 11 is 6.15.